The first-order valence-corrected chi connectivity index (χ1v) is 2.98. The highest BCUT2D eigenvalue weighted by atomic mass is 32.1. The molecule has 0 radical (unpaired) electrons. The maximum atomic E-state index is 10.3. The molecule has 48 valence electrons. The van der Waals surface area contributed by atoms with E-state index >= 15 is 0 Å². The number of carbonyl (C=O) groups excluding carboxylic acids is 1. The van der Waals surface area contributed by atoms with E-state index in [-0.39, 0.29) is 11.0 Å². The molecule has 0 saturated carbocycles. The van der Waals surface area contributed by atoms with Crippen molar-refractivity contribution in [3.05, 3.63) is 0 Å². The number of carbonyl (C=O) groups is 1. The molecule has 1 atom stereocenters. The summed E-state index contributed by atoms with van der Waals surface area (Å²) in [6.07, 6.45) is 0. The molecule has 3 heteroatoms. The average molecular weight is 133 g/mol. The summed E-state index contributed by atoms with van der Waals surface area (Å²) >= 11 is 3.57. The second-order valence-corrected chi connectivity index (χ2v) is 2.55. The Kier molecular flexibility index (Phi) is 3.09. The van der Waals surface area contributed by atoms with Gasteiger partial charge < -0.3 is 5.73 Å². The lowest BCUT2D eigenvalue weighted by molar-refractivity contribution is -0.112. The molecule has 0 aliphatic carbocycles. The Hall–Kier alpha value is -0.0200. The van der Waals surface area contributed by atoms with E-state index in [0.717, 1.165) is 0 Å². The zero-order chi connectivity index (χ0) is 6.73. The Morgan fingerprint density at radius 1 is 1.62 bits per heavy atom. The monoisotopic (exact) mass is 133 g/mol. The molecule has 8 heavy (non-hydrogen) atoms. The third kappa shape index (κ3) is 2.33. The molecule has 0 unspecified atom stereocenters. The number of nitrogens with two attached hydrogens (primary N) is 1. The first kappa shape index (κ1) is 7.98. The minimum Gasteiger partial charge on any atom is -0.321 e. The van der Waals surface area contributed by atoms with Crippen LogP contribution in [0.5, 0.6) is 0 Å². The Balaban J connectivity index is 3.64. The SMILES string of the molecule is CC(C)[C@@H](N)C(=O)S. The molecule has 0 spiro atoms. The summed E-state index contributed by atoms with van der Waals surface area (Å²) in [6.45, 7) is 3.78. The van der Waals surface area contributed by atoms with E-state index in [4.69, 9.17) is 5.73 Å². The predicted molar refractivity (Wildman–Crippen MR) is 36.8 cm³/mol. The van der Waals surface area contributed by atoms with Crippen molar-refractivity contribution in [1.29, 1.82) is 0 Å². The second-order valence-electron chi connectivity index (χ2n) is 2.11. The van der Waals surface area contributed by atoms with Crippen LogP contribution in [0.4, 0.5) is 0 Å². The molecule has 0 rings (SSSR count). The van der Waals surface area contributed by atoms with Crippen molar-refractivity contribution in [3.8, 4) is 0 Å². The highest BCUT2D eigenvalue weighted by Gasteiger charge is 2.11. The molecular weight excluding hydrogens is 122 g/mol. The lowest BCUT2D eigenvalue weighted by Gasteiger charge is -2.08. The number of rotatable bonds is 2. The lowest BCUT2D eigenvalue weighted by atomic mass is 10.1. The quantitative estimate of drug-likeness (QED) is 0.536. The van der Waals surface area contributed by atoms with Gasteiger partial charge in [-0.05, 0) is 5.92 Å². The maximum Gasteiger partial charge on any atom is 0.202 e. The molecule has 0 amide bonds. The van der Waals surface area contributed by atoms with Gasteiger partial charge >= 0.3 is 0 Å². The van der Waals surface area contributed by atoms with Crippen LogP contribution in [0.15, 0.2) is 0 Å². The van der Waals surface area contributed by atoms with Crippen molar-refractivity contribution in [2.24, 2.45) is 11.7 Å². The van der Waals surface area contributed by atoms with Crippen molar-refractivity contribution < 1.29 is 4.79 Å². The third-order valence-electron chi connectivity index (χ3n) is 1.00. The summed E-state index contributed by atoms with van der Waals surface area (Å²) in [4.78, 5) is 10.3. The summed E-state index contributed by atoms with van der Waals surface area (Å²) in [5, 5.41) is -0.236. The molecule has 0 aliphatic heterocycles. The Labute approximate surface area is 54.9 Å². The van der Waals surface area contributed by atoms with E-state index in [0.29, 0.717) is 0 Å². The zero-order valence-electron chi connectivity index (χ0n) is 5.09. The molecule has 0 aromatic heterocycles. The van der Waals surface area contributed by atoms with Gasteiger partial charge in [0.05, 0.1) is 6.04 Å². The van der Waals surface area contributed by atoms with E-state index in [1.54, 1.807) is 0 Å². The standard InChI is InChI=1S/C5H11NOS/c1-3(2)4(6)5(7)8/h3-4H,6H2,1-2H3,(H,7,8)/t4-/m1/s1. The van der Waals surface area contributed by atoms with Crippen molar-refractivity contribution in [3.63, 3.8) is 0 Å². The maximum absolute atomic E-state index is 10.3. The van der Waals surface area contributed by atoms with Crippen molar-refractivity contribution in [2.45, 2.75) is 19.9 Å². The van der Waals surface area contributed by atoms with Gasteiger partial charge in [0.1, 0.15) is 0 Å². The van der Waals surface area contributed by atoms with Gasteiger partial charge in [-0.15, -0.1) is 12.6 Å². The molecule has 0 bridgehead atoms. The van der Waals surface area contributed by atoms with E-state index in [2.05, 4.69) is 12.6 Å². The molecule has 2 N–H and O–H groups in total. The van der Waals surface area contributed by atoms with Crippen LogP contribution in [0.25, 0.3) is 0 Å². The summed E-state index contributed by atoms with van der Waals surface area (Å²) in [7, 11) is 0. The van der Waals surface area contributed by atoms with Crippen LogP contribution in [0.2, 0.25) is 0 Å². The van der Waals surface area contributed by atoms with Gasteiger partial charge in [0.25, 0.3) is 0 Å². The normalized spacial score (nSPS) is 14.1. The van der Waals surface area contributed by atoms with Crippen LogP contribution >= 0.6 is 12.6 Å². The van der Waals surface area contributed by atoms with Gasteiger partial charge in [-0.25, -0.2) is 0 Å². The number of thiol groups is 1. The van der Waals surface area contributed by atoms with Crippen molar-refractivity contribution in [2.75, 3.05) is 0 Å². The number of hydrogen-bond donors (Lipinski definition) is 2. The van der Waals surface area contributed by atoms with Gasteiger partial charge in [-0.2, -0.15) is 0 Å². The molecule has 0 aliphatic rings. The molecule has 0 aromatic rings. The highest BCUT2D eigenvalue weighted by Crippen LogP contribution is 2.00. The highest BCUT2D eigenvalue weighted by molar-refractivity contribution is 7.96. The van der Waals surface area contributed by atoms with E-state index in [1.165, 1.54) is 0 Å². The van der Waals surface area contributed by atoms with Gasteiger partial charge in [-0.1, -0.05) is 13.8 Å². The predicted octanol–water partition coefficient (Wildman–Crippen LogP) is 0.426. The van der Waals surface area contributed by atoms with E-state index in [9.17, 15) is 4.79 Å². The Morgan fingerprint density at radius 3 is 2.00 bits per heavy atom. The minimum atomic E-state index is -0.404. The number of hydrogen-bond acceptors (Lipinski definition) is 2. The van der Waals surface area contributed by atoms with Crippen molar-refractivity contribution in [1.82, 2.24) is 0 Å². The Bertz CT molecular complexity index is 92.4. The molecule has 0 heterocycles. The molecule has 2 nitrogen and oxygen atoms in total. The fraction of sp³-hybridized carbons (Fsp3) is 0.800. The topological polar surface area (TPSA) is 43.1 Å². The van der Waals surface area contributed by atoms with E-state index in [1.807, 2.05) is 13.8 Å². The fourth-order valence-electron chi connectivity index (χ4n) is 0.285. The summed E-state index contributed by atoms with van der Waals surface area (Å²) in [5.74, 6) is 0.194. The first-order valence-electron chi connectivity index (χ1n) is 2.54. The van der Waals surface area contributed by atoms with Crippen LogP contribution in [0.3, 0.4) is 0 Å². The third-order valence-corrected chi connectivity index (χ3v) is 1.30. The molecule has 0 fully saturated rings. The largest absolute Gasteiger partial charge is 0.321 e. The fourth-order valence-corrected chi connectivity index (χ4v) is 0.583. The van der Waals surface area contributed by atoms with Crippen LogP contribution in [-0.2, 0) is 4.79 Å². The van der Waals surface area contributed by atoms with Crippen LogP contribution in [0, 0.1) is 5.92 Å². The molecule has 0 aromatic carbocycles. The summed E-state index contributed by atoms with van der Waals surface area (Å²) < 4.78 is 0. The van der Waals surface area contributed by atoms with Crippen LogP contribution < -0.4 is 5.73 Å². The average Bonchev–Trinajstić information content (AvgIpc) is 1.64. The van der Waals surface area contributed by atoms with Crippen LogP contribution in [0.1, 0.15) is 13.8 Å². The first-order chi connectivity index (χ1) is 3.55. The van der Waals surface area contributed by atoms with E-state index < -0.39 is 6.04 Å². The molecule has 0 saturated heterocycles. The van der Waals surface area contributed by atoms with Crippen molar-refractivity contribution >= 4 is 17.7 Å². The smallest absolute Gasteiger partial charge is 0.202 e. The van der Waals surface area contributed by atoms with Gasteiger partial charge in [0.2, 0.25) is 5.12 Å². The second kappa shape index (κ2) is 3.10. The lowest BCUT2D eigenvalue weighted by Crippen LogP contribution is -2.32. The Morgan fingerprint density at radius 2 is 2.00 bits per heavy atom. The van der Waals surface area contributed by atoms with Crippen LogP contribution in [-0.4, -0.2) is 11.2 Å². The van der Waals surface area contributed by atoms with Gasteiger partial charge in [0, 0.05) is 0 Å². The minimum absolute atomic E-state index is 0.194. The summed E-state index contributed by atoms with van der Waals surface area (Å²) in [5.41, 5.74) is 5.33. The van der Waals surface area contributed by atoms with Gasteiger partial charge in [-0.3, -0.25) is 4.79 Å². The summed E-state index contributed by atoms with van der Waals surface area (Å²) in [6, 6.07) is -0.404. The van der Waals surface area contributed by atoms with Gasteiger partial charge in [0.15, 0.2) is 0 Å². The zero-order valence-corrected chi connectivity index (χ0v) is 5.98. The molecular formula is C5H11NOS.